The average Bonchev–Trinajstić information content (AvgIpc) is 3.06. The van der Waals surface area contributed by atoms with Crippen LogP contribution in [-0.4, -0.2) is 48.7 Å². The van der Waals surface area contributed by atoms with Crippen LogP contribution in [-0.2, 0) is 22.4 Å². The molecule has 2 aromatic rings. The lowest BCUT2D eigenvalue weighted by Gasteiger charge is -2.33. The standard InChI is InChI=1S/C18H23N3O3S/c1-23-15-5-2-13(3-6-15)10-16-11-21(8-9-24-16)17(22)7-4-14-12-25-18(19)20-14/h2-3,5-6,12,16H,4,7-11H2,1H3,(H2,19,20)/t16-/m0/s1. The highest BCUT2D eigenvalue weighted by Gasteiger charge is 2.24. The molecule has 25 heavy (non-hydrogen) atoms. The van der Waals surface area contributed by atoms with Gasteiger partial charge in [-0.05, 0) is 24.1 Å². The van der Waals surface area contributed by atoms with E-state index in [0.29, 0.717) is 37.7 Å². The van der Waals surface area contributed by atoms with Gasteiger partial charge >= 0.3 is 0 Å². The monoisotopic (exact) mass is 361 g/mol. The van der Waals surface area contributed by atoms with Crippen molar-refractivity contribution >= 4 is 22.4 Å². The molecule has 7 heteroatoms. The Balaban J connectivity index is 1.50. The second-order valence-corrected chi connectivity index (χ2v) is 6.95. The van der Waals surface area contributed by atoms with E-state index in [0.717, 1.165) is 17.9 Å². The molecule has 1 fully saturated rings. The quantitative estimate of drug-likeness (QED) is 0.853. The zero-order valence-corrected chi connectivity index (χ0v) is 15.1. The van der Waals surface area contributed by atoms with Crippen molar-refractivity contribution < 1.29 is 14.3 Å². The maximum Gasteiger partial charge on any atom is 0.223 e. The summed E-state index contributed by atoms with van der Waals surface area (Å²) in [4.78, 5) is 18.6. The normalized spacial score (nSPS) is 17.5. The smallest absolute Gasteiger partial charge is 0.223 e. The number of nitrogens with two attached hydrogens (primary N) is 1. The molecule has 0 radical (unpaired) electrons. The van der Waals surface area contributed by atoms with Gasteiger partial charge in [-0.25, -0.2) is 4.98 Å². The Labute approximate surface area is 151 Å². The topological polar surface area (TPSA) is 77.7 Å². The van der Waals surface area contributed by atoms with E-state index in [9.17, 15) is 4.79 Å². The molecule has 1 aliphatic heterocycles. The van der Waals surface area contributed by atoms with Crippen molar-refractivity contribution in [1.82, 2.24) is 9.88 Å². The van der Waals surface area contributed by atoms with Gasteiger partial charge in [0, 0.05) is 31.3 Å². The predicted octanol–water partition coefficient (Wildman–Crippen LogP) is 2.14. The van der Waals surface area contributed by atoms with Gasteiger partial charge in [-0.2, -0.15) is 0 Å². The van der Waals surface area contributed by atoms with Crippen molar-refractivity contribution in [1.29, 1.82) is 0 Å². The van der Waals surface area contributed by atoms with Crippen molar-refractivity contribution in [2.24, 2.45) is 0 Å². The predicted molar refractivity (Wildman–Crippen MR) is 97.9 cm³/mol. The number of aromatic nitrogens is 1. The van der Waals surface area contributed by atoms with Crippen LogP contribution in [0.5, 0.6) is 5.75 Å². The lowest BCUT2D eigenvalue weighted by Crippen LogP contribution is -2.46. The van der Waals surface area contributed by atoms with Gasteiger partial charge in [0.05, 0.1) is 25.5 Å². The van der Waals surface area contributed by atoms with E-state index >= 15 is 0 Å². The molecule has 134 valence electrons. The van der Waals surface area contributed by atoms with E-state index in [4.69, 9.17) is 15.2 Å². The fourth-order valence-electron chi connectivity index (χ4n) is 2.92. The number of ether oxygens (including phenoxy) is 2. The van der Waals surface area contributed by atoms with E-state index in [-0.39, 0.29) is 12.0 Å². The third-order valence-electron chi connectivity index (χ3n) is 4.28. The van der Waals surface area contributed by atoms with Crippen LogP contribution in [0.4, 0.5) is 5.13 Å². The van der Waals surface area contributed by atoms with E-state index < -0.39 is 0 Å². The minimum Gasteiger partial charge on any atom is -0.497 e. The number of amides is 1. The zero-order chi connectivity index (χ0) is 17.6. The Morgan fingerprint density at radius 2 is 2.24 bits per heavy atom. The molecule has 2 heterocycles. The number of rotatable bonds is 6. The molecule has 2 N–H and O–H groups in total. The summed E-state index contributed by atoms with van der Waals surface area (Å²) in [6.45, 7) is 1.86. The molecular weight excluding hydrogens is 338 g/mol. The molecule has 1 amide bonds. The Hall–Kier alpha value is -2.12. The van der Waals surface area contributed by atoms with Crippen LogP contribution in [0, 0.1) is 0 Å². The van der Waals surface area contributed by atoms with E-state index in [1.54, 1.807) is 7.11 Å². The van der Waals surface area contributed by atoms with Gasteiger partial charge < -0.3 is 20.1 Å². The molecule has 0 saturated carbocycles. The van der Waals surface area contributed by atoms with E-state index in [1.165, 1.54) is 16.9 Å². The third-order valence-corrected chi connectivity index (χ3v) is 5.00. The number of nitrogens with zero attached hydrogens (tertiary/aromatic N) is 2. The van der Waals surface area contributed by atoms with Gasteiger partial charge in [0.2, 0.25) is 5.91 Å². The number of carbonyl (C=O) groups excluding carboxylic acids is 1. The van der Waals surface area contributed by atoms with Crippen LogP contribution in [0.3, 0.4) is 0 Å². The number of aryl methyl sites for hydroxylation is 1. The number of hydrogen-bond acceptors (Lipinski definition) is 6. The van der Waals surface area contributed by atoms with Gasteiger partial charge in [-0.3, -0.25) is 4.79 Å². The molecule has 6 nitrogen and oxygen atoms in total. The first kappa shape index (κ1) is 17.7. The summed E-state index contributed by atoms with van der Waals surface area (Å²) in [5.74, 6) is 0.988. The van der Waals surface area contributed by atoms with Crippen molar-refractivity contribution in [3.63, 3.8) is 0 Å². The van der Waals surface area contributed by atoms with Crippen LogP contribution < -0.4 is 10.5 Å². The lowest BCUT2D eigenvalue weighted by molar-refractivity contribution is -0.138. The summed E-state index contributed by atoms with van der Waals surface area (Å²) < 4.78 is 11.0. The van der Waals surface area contributed by atoms with Gasteiger partial charge in [0.15, 0.2) is 5.13 Å². The van der Waals surface area contributed by atoms with Crippen molar-refractivity contribution in [3.05, 3.63) is 40.9 Å². The minimum atomic E-state index is 0.0287. The van der Waals surface area contributed by atoms with Crippen molar-refractivity contribution in [2.75, 3.05) is 32.5 Å². The molecule has 1 aromatic heterocycles. The molecule has 0 bridgehead atoms. The minimum absolute atomic E-state index is 0.0287. The summed E-state index contributed by atoms with van der Waals surface area (Å²) in [7, 11) is 1.66. The van der Waals surface area contributed by atoms with Crippen molar-refractivity contribution in [3.8, 4) is 5.75 Å². The molecule has 1 aromatic carbocycles. The van der Waals surface area contributed by atoms with Crippen molar-refractivity contribution in [2.45, 2.75) is 25.4 Å². The average molecular weight is 361 g/mol. The Kier molecular flexibility index (Phi) is 5.88. The molecule has 0 spiro atoms. The molecule has 1 saturated heterocycles. The summed E-state index contributed by atoms with van der Waals surface area (Å²) >= 11 is 1.41. The second kappa shape index (κ2) is 8.31. The molecule has 3 rings (SSSR count). The molecule has 0 aliphatic carbocycles. The van der Waals surface area contributed by atoms with Crippen LogP contribution in [0.1, 0.15) is 17.7 Å². The number of methoxy groups -OCH3 is 1. The number of morpholine rings is 1. The van der Waals surface area contributed by atoms with Gasteiger partial charge in [0.25, 0.3) is 0 Å². The summed E-state index contributed by atoms with van der Waals surface area (Å²) in [6.07, 6.45) is 1.91. The van der Waals surface area contributed by atoms with Gasteiger partial charge in [-0.15, -0.1) is 11.3 Å². The summed E-state index contributed by atoms with van der Waals surface area (Å²) in [5.41, 5.74) is 7.69. The van der Waals surface area contributed by atoms with E-state index in [2.05, 4.69) is 4.98 Å². The Bertz CT molecular complexity index is 702. The number of benzene rings is 1. The number of anilines is 1. The first-order valence-electron chi connectivity index (χ1n) is 8.36. The van der Waals surface area contributed by atoms with Crippen LogP contribution in [0.25, 0.3) is 0 Å². The summed E-state index contributed by atoms with van der Waals surface area (Å²) in [5, 5.41) is 2.46. The molecule has 1 aliphatic rings. The lowest BCUT2D eigenvalue weighted by atomic mass is 10.1. The van der Waals surface area contributed by atoms with Crippen LogP contribution in [0.15, 0.2) is 29.6 Å². The number of nitrogen functional groups attached to an aromatic ring is 1. The molecule has 0 unspecified atom stereocenters. The van der Waals surface area contributed by atoms with Crippen LogP contribution >= 0.6 is 11.3 Å². The summed E-state index contributed by atoms with van der Waals surface area (Å²) in [6, 6.07) is 7.96. The fourth-order valence-corrected chi connectivity index (χ4v) is 3.52. The zero-order valence-electron chi connectivity index (χ0n) is 14.3. The number of carbonyl (C=O) groups is 1. The highest BCUT2D eigenvalue weighted by Crippen LogP contribution is 2.17. The first-order valence-corrected chi connectivity index (χ1v) is 9.24. The largest absolute Gasteiger partial charge is 0.497 e. The second-order valence-electron chi connectivity index (χ2n) is 6.06. The number of thiazole rings is 1. The van der Waals surface area contributed by atoms with Gasteiger partial charge in [0.1, 0.15) is 5.75 Å². The third kappa shape index (κ3) is 4.93. The highest BCUT2D eigenvalue weighted by molar-refractivity contribution is 7.13. The SMILES string of the molecule is COc1ccc(C[C@H]2CN(C(=O)CCc3csc(N)n3)CCO2)cc1. The van der Waals surface area contributed by atoms with Crippen LogP contribution in [0.2, 0.25) is 0 Å². The Morgan fingerprint density at radius 1 is 1.44 bits per heavy atom. The highest BCUT2D eigenvalue weighted by atomic mass is 32.1. The maximum absolute atomic E-state index is 12.5. The van der Waals surface area contributed by atoms with E-state index in [1.807, 2.05) is 34.5 Å². The fraction of sp³-hybridized carbons (Fsp3) is 0.444. The maximum atomic E-state index is 12.5. The Morgan fingerprint density at radius 3 is 2.92 bits per heavy atom. The molecular formula is C18H23N3O3S. The number of hydrogen-bond donors (Lipinski definition) is 1. The van der Waals surface area contributed by atoms with Gasteiger partial charge in [-0.1, -0.05) is 12.1 Å². The molecule has 1 atom stereocenters. The first-order chi connectivity index (χ1) is 12.1.